The Morgan fingerprint density at radius 1 is 1.36 bits per heavy atom. The van der Waals surface area contributed by atoms with E-state index >= 15 is 0 Å². The average molecular weight is 479 g/mol. The molecule has 6 nitrogen and oxygen atoms in total. The van der Waals surface area contributed by atoms with Crippen molar-refractivity contribution in [3.63, 3.8) is 0 Å². The minimum absolute atomic E-state index is 0.0990. The summed E-state index contributed by atoms with van der Waals surface area (Å²) < 4.78 is 11.3. The first-order chi connectivity index (χ1) is 13.5. The van der Waals surface area contributed by atoms with E-state index in [0.717, 1.165) is 5.56 Å². The van der Waals surface area contributed by atoms with Gasteiger partial charge in [-0.3, -0.25) is 4.79 Å². The summed E-state index contributed by atoms with van der Waals surface area (Å²) in [6.07, 6.45) is 1.73. The van der Waals surface area contributed by atoms with E-state index in [4.69, 9.17) is 26.3 Å². The predicted molar refractivity (Wildman–Crippen MR) is 114 cm³/mol. The second-order valence-electron chi connectivity index (χ2n) is 5.44. The van der Waals surface area contributed by atoms with Crippen LogP contribution in [-0.4, -0.2) is 24.8 Å². The fourth-order valence-electron chi connectivity index (χ4n) is 2.33. The fraction of sp³-hybridized carbons (Fsp3) is 0.105. The molecular weight excluding hydrogens is 466 g/mol. The Hall–Kier alpha value is -2.47. The van der Waals surface area contributed by atoms with Gasteiger partial charge in [0, 0.05) is 5.02 Å². The van der Waals surface area contributed by atoms with Crippen molar-refractivity contribution in [2.75, 3.05) is 13.7 Å². The van der Waals surface area contributed by atoms with Crippen molar-refractivity contribution in [3.8, 4) is 17.6 Å². The van der Waals surface area contributed by atoms with Crippen LogP contribution >= 0.6 is 39.3 Å². The van der Waals surface area contributed by atoms with Crippen LogP contribution in [0.5, 0.6) is 11.5 Å². The first-order valence-electron chi connectivity index (χ1n) is 7.92. The van der Waals surface area contributed by atoms with Gasteiger partial charge >= 0.3 is 0 Å². The second kappa shape index (κ2) is 9.15. The average Bonchev–Trinajstić information content (AvgIpc) is 3.01. The molecule has 0 unspecified atom stereocenters. The van der Waals surface area contributed by atoms with Gasteiger partial charge in [-0.05, 0) is 75.7 Å². The Balaban J connectivity index is 1.85. The van der Waals surface area contributed by atoms with E-state index in [9.17, 15) is 4.79 Å². The molecule has 0 radical (unpaired) electrons. The van der Waals surface area contributed by atoms with Gasteiger partial charge in [-0.1, -0.05) is 11.6 Å². The number of thioether (sulfide) groups is 1. The molecule has 3 rings (SSSR count). The Labute approximate surface area is 179 Å². The van der Waals surface area contributed by atoms with E-state index in [-0.39, 0.29) is 12.5 Å². The smallest absolute Gasteiger partial charge is 0.264 e. The number of nitrogens with one attached hydrogen (secondary N) is 1. The number of benzene rings is 2. The van der Waals surface area contributed by atoms with E-state index in [1.54, 1.807) is 42.5 Å². The molecule has 0 aliphatic carbocycles. The van der Waals surface area contributed by atoms with Gasteiger partial charge in [-0.15, -0.1) is 0 Å². The number of carbonyl (C=O) groups is 1. The molecule has 1 amide bonds. The number of carbonyl (C=O) groups excluding carboxylic acids is 1. The number of methoxy groups -OCH3 is 1. The van der Waals surface area contributed by atoms with Gasteiger partial charge < -0.3 is 14.8 Å². The van der Waals surface area contributed by atoms with Gasteiger partial charge in [0.15, 0.2) is 23.3 Å². The van der Waals surface area contributed by atoms with Gasteiger partial charge in [0.1, 0.15) is 6.07 Å². The number of amides is 1. The number of hydrogen-bond donors (Lipinski definition) is 1. The summed E-state index contributed by atoms with van der Waals surface area (Å²) >= 11 is 10.5. The van der Waals surface area contributed by atoms with Crippen LogP contribution in [0.3, 0.4) is 0 Å². The molecule has 0 spiro atoms. The molecule has 1 aliphatic heterocycles. The number of nitriles is 1. The van der Waals surface area contributed by atoms with Crippen molar-refractivity contribution in [1.82, 2.24) is 5.32 Å². The number of nitrogens with zero attached hydrogens (tertiary/aromatic N) is 2. The van der Waals surface area contributed by atoms with Crippen molar-refractivity contribution < 1.29 is 14.3 Å². The third-order valence-electron chi connectivity index (χ3n) is 3.54. The third-order valence-corrected chi connectivity index (χ3v) is 5.29. The number of rotatable bonds is 5. The summed E-state index contributed by atoms with van der Waals surface area (Å²) in [6, 6.07) is 12.4. The molecule has 2 aromatic carbocycles. The van der Waals surface area contributed by atoms with E-state index in [1.165, 1.54) is 18.9 Å². The van der Waals surface area contributed by atoms with Crippen LogP contribution in [0.2, 0.25) is 5.02 Å². The SMILES string of the molecule is COc1cc(/C=C2\SC(=Nc3ccc(Cl)cc3)NC2=O)cc(Br)c1OCC#N. The molecule has 0 atom stereocenters. The number of aliphatic imine (C=N–C) groups is 1. The lowest BCUT2D eigenvalue weighted by atomic mass is 10.2. The van der Waals surface area contributed by atoms with Gasteiger partial charge in [0.2, 0.25) is 0 Å². The van der Waals surface area contributed by atoms with Crippen LogP contribution in [0.15, 0.2) is 50.8 Å². The molecule has 0 aromatic heterocycles. The Morgan fingerprint density at radius 2 is 2.11 bits per heavy atom. The molecule has 1 aliphatic rings. The third kappa shape index (κ3) is 4.87. The highest BCUT2D eigenvalue weighted by atomic mass is 79.9. The largest absolute Gasteiger partial charge is 0.493 e. The summed E-state index contributed by atoms with van der Waals surface area (Å²) in [7, 11) is 1.51. The highest BCUT2D eigenvalue weighted by Gasteiger charge is 2.24. The molecule has 9 heteroatoms. The molecule has 0 bridgehead atoms. The normalized spacial score (nSPS) is 16.1. The summed E-state index contributed by atoms with van der Waals surface area (Å²) in [4.78, 5) is 17.2. The lowest BCUT2D eigenvalue weighted by molar-refractivity contribution is -0.115. The Morgan fingerprint density at radius 3 is 2.79 bits per heavy atom. The molecule has 1 N–H and O–H groups in total. The van der Waals surface area contributed by atoms with Crippen molar-refractivity contribution in [2.45, 2.75) is 0 Å². The highest BCUT2D eigenvalue weighted by molar-refractivity contribution is 9.10. The van der Waals surface area contributed by atoms with Crippen LogP contribution in [0.1, 0.15) is 5.56 Å². The Kier molecular flexibility index (Phi) is 6.62. The maximum Gasteiger partial charge on any atom is 0.264 e. The number of hydrogen-bond acceptors (Lipinski definition) is 6. The van der Waals surface area contributed by atoms with Gasteiger partial charge in [-0.25, -0.2) is 4.99 Å². The maximum absolute atomic E-state index is 12.3. The molecule has 1 saturated heterocycles. The molecule has 2 aromatic rings. The van der Waals surface area contributed by atoms with Crippen molar-refractivity contribution in [3.05, 3.63) is 56.4 Å². The van der Waals surface area contributed by atoms with E-state index < -0.39 is 0 Å². The first-order valence-corrected chi connectivity index (χ1v) is 9.91. The van der Waals surface area contributed by atoms with Crippen LogP contribution in [0.25, 0.3) is 6.08 Å². The summed E-state index contributed by atoms with van der Waals surface area (Å²) in [5.41, 5.74) is 1.43. The second-order valence-corrected chi connectivity index (χ2v) is 7.76. The monoisotopic (exact) mass is 477 g/mol. The van der Waals surface area contributed by atoms with Crippen LogP contribution < -0.4 is 14.8 Å². The van der Waals surface area contributed by atoms with E-state index in [1.807, 2.05) is 6.07 Å². The van der Waals surface area contributed by atoms with Gasteiger partial charge in [0.05, 0.1) is 22.2 Å². The molecule has 28 heavy (non-hydrogen) atoms. The zero-order chi connectivity index (χ0) is 20.1. The van der Waals surface area contributed by atoms with Gasteiger partial charge in [0.25, 0.3) is 5.91 Å². The Bertz CT molecular complexity index is 1020. The molecule has 1 heterocycles. The van der Waals surface area contributed by atoms with Crippen molar-refractivity contribution in [2.24, 2.45) is 4.99 Å². The number of halogens is 2. The van der Waals surface area contributed by atoms with Crippen LogP contribution in [0, 0.1) is 11.3 Å². The molecule has 142 valence electrons. The van der Waals surface area contributed by atoms with Gasteiger partial charge in [-0.2, -0.15) is 5.26 Å². The molecular formula is C19H13BrClN3O3S. The zero-order valence-corrected chi connectivity index (χ0v) is 17.7. The summed E-state index contributed by atoms with van der Waals surface area (Å²) in [5, 5.41) is 12.5. The van der Waals surface area contributed by atoms with Crippen LogP contribution in [-0.2, 0) is 4.79 Å². The topological polar surface area (TPSA) is 83.7 Å². The highest BCUT2D eigenvalue weighted by Crippen LogP contribution is 2.38. The van der Waals surface area contributed by atoms with Crippen molar-refractivity contribution in [1.29, 1.82) is 5.26 Å². The molecule has 1 fully saturated rings. The maximum atomic E-state index is 12.3. The summed E-state index contributed by atoms with van der Waals surface area (Å²) in [5.74, 6) is 0.646. The molecule has 0 saturated carbocycles. The summed E-state index contributed by atoms with van der Waals surface area (Å²) in [6.45, 7) is -0.0990. The minimum Gasteiger partial charge on any atom is -0.493 e. The lowest BCUT2D eigenvalue weighted by Gasteiger charge is -2.11. The first kappa shape index (κ1) is 20.3. The zero-order valence-electron chi connectivity index (χ0n) is 14.5. The quantitative estimate of drug-likeness (QED) is 0.618. The van der Waals surface area contributed by atoms with E-state index in [2.05, 4.69) is 26.2 Å². The number of amidine groups is 1. The predicted octanol–water partition coefficient (Wildman–Crippen LogP) is 4.91. The fourth-order valence-corrected chi connectivity index (χ4v) is 3.87. The van der Waals surface area contributed by atoms with Crippen molar-refractivity contribution >= 4 is 62.1 Å². The van der Waals surface area contributed by atoms with Crippen LogP contribution in [0.4, 0.5) is 5.69 Å². The number of ether oxygens (including phenoxy) is 2. The minimum atomic E-state index is -0.238. The van der Waals surface area contributed by atoms with E-state index in [0.29, 0.717) is 36.8 Å². The lowest BCUT2D eigenvalue weighted by Crippen LogP contribution is -2.19. The standard InChI is InChI=1S/C19H13BrClN3O3S/c1-26-15-9-11(8-14(20)17(15)27-7-6-22)10-16-18(25)24-19(28-16)23-13-4-2-12(21)3-5-13/h2-5,8-10H,7H2,1H3,(H,23,24,25)/b16-10-.